The third-order valence-electron chi connectivity index (χ3n) is 9.72. The van der Waals surface area contributed by atoms with Gasteiger partial charge in [0.1, 0.15) is 23.5 Å². The van der Waals surface area contributed by atoms with Crippen LogP contribution in [0.3, 0.4) is 0 Å². The number of nitrogens with zero attached hydrogens (tertiary/aromatic N) is 6. The molecule has 0 spiro atoms. The summed E-state index contributed by atoms with van der Waals surface area (Å²) in [6.07, 6.45) is 6.60. The van der Waals surface area contributed by atoms with Crippen LogP contribution in [-0.2, 0) is 58.2 Å². The summed E-state index contributed by atoms with van der Waals surface area (Å²) in [5.41, 5.74) is 7.01. The van der Waals surface area contributed by atoms with E-state index in [0.29, 0.717) is 51.5 Å². The third kappa shape index (κ3) is 6.80. The maximum Gasteiger partial charge on any atom is 0.255 e. The van der Waals surface area contributed by atoms with Gasteiger partial charge in [-0.1, -0.05) is 54.3 Å². The molecule has 1 saturated heterocycles. The lowest BCUT2D eigenvalue weighted by atomic mass is 10.00. The molecule has 0 radical (unpaired) electrons. The Morgan fingerprint density at radius 1 is 1.02 bits per heavy atom. The first-order valence-corrected chi connectivity index (χ1v) is 18.3. The highest BCUT2D eigenvalue weighted by atomic mass is 32.1. The Kier molecular flexibility index (Phi) is 9.51. The molecule has 1 atom stereocenters. The normalized spacial score (nSPS) is 16.5. The number of fused-ring (bicyclic) bond motifs is 4. The Balaban J connectivity index is 0.873. The third-order valence-corrected chi connectivity index (χ3v) is 10.9. The van der Waals surface area contributed by atoms with Gasteiger partial charge in [0.15, 0.2) is 5.82 Å². The molecule has 0 bridgehead atoms. The number of ether oxygens (including phenoxy) is 2. The van der Waals surface area contributed by atoms with Crippen LogP contribution < -0.4 is 5.32 Å². The van der Waals surface area contributed by atoms with Gasteiger partial charge in [0.25, 0.3) is 5.91 Å². The van der Waals surface area contributed by atoms with Gasteiger partial charge in [-0.15, -0.1) is 21.5 Å². The number of thiophene rings is 1. The number of hydrogen-bond donors (Lipinski definition) is 1. The number of amides is 3. The number of aryl methyl sites for hydroxylation is 2. The molecule has 8 rings (SSSR count). The summed E-state index contributed by atoms with van der Waals surface area (Å²) in [6.45, 7) is 4.91. The van der Waals surface area contributed by atoms with Crippen LogP contribution in [0.25, 0.3) is 5.00 Å². The summed E-state index contributed by atoms with van der Waals surface area (Å²) >= 11 is 1.65. The highest BCUT2D eigenvalue weighted by molar-refractivity contribution is 7.15. The van der Waals surface area contributed by atoms with Crippen LogP contribution >= 0.6 is 11.3 Å². The maximum atomic E-state index is 13.1. The minimum absolute atomic E-state index is 0.154. The van der Waals surface area contributed by atoms with Crippen molar-refractivity contribution in [2.45, 2.75) is 71.4 Å². The van der Waals surface area contributed by atoms with Crippen LogP contribution in [0.1, 0.15) is 79.5 Å². The van der Waals surface area contributed by atoms with E-state index in [2.05, 4.69) is 61.3 Å². The standard InChI is InChI=1S/C39H37N7O5S/c1-25-42-43-35-24-51-23-32-30(19-26-7-3-2-4-8-26)34(52-39(32)46(25)35)14-12-27-20-40-44(21-27)16-18-50-17-6-10-28-9-5-11-29-31(28)22-45(38(29)49)33-13-15-36(47)41-37(33)48/h2-5,7-9,11,20-21,33H,6,10,13,15-19,22-24H2,1H3,(H,41,47,48). The lowest BCUT2D eigenvalue weighted by molar-refractivity contribution is -0.136. The largest absolute Gasteiger partial charge is 0.380 e. The van der Waals surface area contributed by atoms with E-state index in [-0.39, 0.29) is 18.2 Å². The Morgan fingerprint density at radius 2 is 1.90 bits per heavy atom. The van der Waals surface area contributed by atoms with Crippen molar-refractivity contribution in [1.82, 2.24) is 34.8 Å². The zero-order valence-electron chi connectivity index (χ0n) is 28.8. The molecule has 3 aliphatic rings. The second-order valence-corrected chi connectivity index (χ2v) is 14.1. The van der Waals surface area contributed by atoms with Crippen molar-refractivity contribution in [2.75, 3.05) is 13.2 Å². The van der Waals surface area contributed by atoms with Crippen molar-refractivity contribution in [3.8, 4) is 16.8 Å². The average molecular weight is 716 g/mol. The smallest absolute Gasteiger partial charge is 0.255 e. The van der Waals surface area contributed by atoms with Gasteiger partial charge in [-0.25, -0.2) is 0 Å². The molecule has 1 fully saturated rings. The van der Waals surface area contributed by atoms with E-state index < -0.39 is 11.9 Å². The zero-order valence-corrected chi connectivity index (χ0v) is 29.6. The summed E-state index contributed by atoms with van der Waals surface area (Å²) < 4.78 is 15.9. The number of carbonyl (C=O) groups excluding carboxylic acids is 3. The second-order valence-electron chi connectivity index (χ2n) is 13.1. The Bertz CT molecular complexity index is 2230. The highest BCUT2D eigenvalue weighted by Gasteiger charge is 2.39. The van der Waals surface area contributed by atoms with Gasteiger partial charge in [-0.2, -0.15) is 5.10 Å². The van der Waals surface area contributed by atoms with E-state index in [9.17, 15) is 14.4 Å². The van der Waals surface area contributed by atoms with Crippen LogP contribution in [0.5, 0.6) is 0 Å². The summed E-state index contributed by atoms with van der Waals surface area (Å²) in [6, 6.07) is 15.5. The summed E-state index contributed by atoms with van der Waals surface area (Å²) in [7, 11) is 0. The number of imide groups is 1. The molecule has 5 aromatic rings. The van der Waals surface area contributed by atoms with Gasteiger partial charge in [0.2, 0.25) is 11.8 Å². The molecule has 3 aromatic heterocycles. The van der Waals surface area contributed by atoms with Crippen LogP contribution in [-0.4, -0.2) is 66.4 Å². The van der Waals surface area contributed by atoms with Crippen LogP contribution in [0.4, 0.5) is 0 Å². The first kappa shape index (κ1) is 33.7. The van der Waals surface area contributed by atoms with Crippen molar-refractivity contribution in [3.05, 3.63) is 116 Å². The van der Waals surface area contributed by atoms with Gasteiger partial charge < -0.3 is 14.4 Å². The number of benzene rings is 2. The van der Waals surface area contributed by atoms with E-state index in [1.54, 1.807) is 22.4 Å². The molecule has 1 N–H and O–H groups in total. The second kappa shape index (κ2) is 14.7. The van der Waals surface area contributed by atoms with Gasteiger partial charge >= 0.3 is 0 Å². The first-order chi connectivity index (χ1) is 25.4. The molecule has 3 amide bonds. The lowest BCUT2D eigenvalue weighted by Gasteiger charge is -2.29. The number of piperidine rings is 1. The number of aromatic nitrogens is 5. The van der Waals surface area contributed by atoms with Crippen LogP contribution in [0.2, 0.25) is 0 Å². The fraction of sp³-hybridized carbons (Fsp3) is 0.333. The number of nitrogens with one attached hydrogen (secondary N) is 1. The van der Waals surface area contributed by atoms with Crippen molar-refractivity contribution >= 4 is 29.1 Å². The van der Waals surface area contributed by atoms with E-state index in [4.69, 9.17) is 9.47 Å². The monoisotopic (exact) mass is 715 g/mol. The predicted molar refractivity (Wildman–Crippen MR) is 192 cm³/mol. The fourth-order valence-corrected chi connectivity index (χ4v) is 8.35. The lowest BCUT2D eigenvalue weighted by Crippen LogP contribution is -2.52. The number of hydrogen-bond acceptors (Lipinski definition) is 9. The van der Waals surface area contributed by atoms with Gasteiger partial charge in [0.05, 0.1) is 36.4 Å². The molecule has 264 valence electrons. The van der Waals surface area contributed by atoms with E-state index in [0.717, 1.165) is 63.0 Å². The quantitative estimate of drug-likeness (QED) is 0.129. The zero-order chi connectivity index (χ0) is 35.6. The van der Waals surface area contributed by atoms with Gasteiger partial charge in [-0.05, 0) is 60.9 Å². The minimum Gasteiger partial charge on any atom is -0.380 e. The van der Waals surface area contributed by atoms with E-state index in [1.165, 1.54) is 11.1 Å². The van der Waals surface area contributed by atoms with E-state index in [1.807, 2.05) is 42.1 Å². The predicted octanol–water partition coefficient (Wildman–Crippen LogP) is 4.26. The molecule has 13 heteroatoms. The minimum atomic E-state index is -0.617. The number of rotatable bonds is 10. The Morgan fingerprint density at radius 3 is 2.77 bits per heavy atom. The van der Waals surface area contributed by atoms with Gasteiger partial charge in [-0.3, -0.25) is 28.9 Å². The number of carbonyl (C=O) groups is 3. The SMILES string of the molecule is Cc1nnc2n1-c1sc(C#Cc3cnn(CCOCCCc4cccc5c4CN(C4CCC(=O)NC4=O)C5=O)c3)c(Cc3ccccc3)c1COC2. The molecule has 0 saturated carbocycles. The molecule has 52 heavy (non-hydrogen) atoms. The van der Waals surface area contributed by atoms with Crippen molar-refractivity contribution in [1.29, 1.82) is 0 Å². The molecular formula is C39H37N7O5S. The molecule has 3 aliphatic heterocycles. The summed E-state index contributed by atoms with van der Waals surface area (Å²) in [4.78, 5) is 39.7. The molecule has 1 unspecified atom stereocenters. The van der Waals surface area contributed by atoms with Crippen molar-refractivity contribution in [3.63, 3.8) is 0 Å². The molecular weight excluding hydrogens is 679 g/mol. The fourth-order valence-electron chi connectivity index (χ4n) is 7.10. The molecule has 2 aromatic carbocycles. The van der Waals surface area contributed by atoms with Crippen molar-refractivity contribution < 1.29 is 23.9 Å². The van der Waals surface area contributed by atoms with Gasteiger partial charge in [0, 0.05) is 36.9 Å². The summed E-state index contributed by atoms with van der Waals surface area (Å²) in [5.74, 6) is 7.57. The van der Waals surface area contributed by atoms with Crippen LogP contribution in [0.15, 0.2) is 60.9 Å². The topological polar surface area (TPSA) is 133 Å². The van der Waals surface area contributed by atoms with Crippen LogP contribution in [0, 0.1) is 18.8 Å². The molecule has 6 heterocycles. The maximum absolute atomic E-state index is 13.1. The molecule has 12 nitrogen and oxygen atoms in total. The summed E-state index contributed by atoms with van der Waals surface area (Å²) in [5, 5.41) is 16.6. The van der Waals surface area contributed by atoms with E-state index >= 15 is 0 Å². The molecule has 0 aliphatic carbocycles. The van der Waals surface area contributed by atoms with Crippen molar-refractivity contribution in [2.24, 2.45) is 0 Å². The highest BCUT2D eigenvalue weighted by Crippen LogP contribution is 2.37. The first-order valence-electron chi connectivity index (χ1n) is 17.5. The average Bonchev–Trinajstić information content (AvgIpc) is 3.89. The Labute approximate surface area is 304 Å². The Hall–Kier alpha value is -5.42.